The average molecular weight is 276 g/mol. The lowest BCUT2D eigenvalue weighted by atomic mass is 10.2. The van der Waals surface area contributed by atoms with Crippen molar-refractivity contribution in [2.24, 2.45) is 0 Å². The van der Waals surface area contributed by atoms with E-state index in [-0.39, 0.29) is 5.56 Å². The molecule has 2 aromatic heterocycles. The molecule has 2 heterocycles. The minimum atomic E-state index is -0.958. The summed E-state index contributed by atoms with van der Waals surface area (Å²) in [5.41, 5.74) is 1.37. The van der Waals surface area contributed by atoms with E-state index >= 15 is 0 Å². The normalized spacial score (nSPS) is 12.3. The highest BCUT2D eigenvalue weighted by atomic mass is 16.4. The molecule has 2 aromatic rings. The Labute approximate surface area is 115 Å². The highest BCUT2D eigenvalue weighted by Gasteiger charge is 2.15. The van der Waals surface area contributed by atoms with Gasteiger partial charge in [0.1, 0.15) is 11.9 Å². The van der Waals surface area contributed by atoms with Crippen molar-refractivity contribution >= 4 is 17.4 Å². The number of fused-ring (bicyclic) bond motifs is 1. The third-order valence-corrected chi connectivity index (χ3v) is 3.18. The van der Waals surface area contributed by atoms with Gasteiger partial charge < -0.3 is 10.4 Å². The van der Waals surface area contributed by atoms with Crippen LogP contribution >= 0.6 is 0 Å². The molecule has 0 aromatic carbocycles. The molecule has 0 amide bonds. The average Bonchev–Trinajstić information content (AvgIpc) is 2.42. The SMILES string of the molecule is CCC(Nc1ccc2nc(C)c(C)c(=O)n2n1)C(=O)O. The Kier molecular flexibility index (Phi) is 3.69. The molecule has 0 aliphatic carbocycles. The second-order valence-electron chi connectivity index (χ2n) is 4.56. The van der Waals surface area contributed by atoms with Crippen LogP contribution in [-0.2, 0) is 4.79 Å². The van der Waals surface area contributed by atoms with Crippen molar-refractivity contribution in [3.8, 4) is 0 Å². The van der Waals surface area contributed by atoms with E-state index in [1.165, 1.54) is 4.52 Å². The third kappa shape index (κ3) is 2.47. The number of carboxylic acids is 1. The standard InChI is InChI=1S/C13H16N4O3/c1-4-9(13(19)20)15-10-5-6-11-14-8(3)7(2)12(18)17(11)16-10/h5-6,9H,4H2,1-3H3,(H,15,16)(H,19,20). The number of nitrogens with one attached hydrogen (secondary N) is 1. The molecule has 1 unspecified atom stereocenters. The Morgan fingerprint density at radius 2 is 2.15 bits per heavy atom. The van der Waals surface area contributed by atoms with Gasteiger partial charge in [-0.15, -0.1) is 5.10 Å². The van der Waals surface area contributed by atoms with Crippen molar-refractivity contribution in [2.75, 3.05) is 5.32 Å². The minimum Gasteiger partial charge on any atom is -0.480 e. The van der Waals surface area contributed by atoms with Crippen LogP contribution in [0.3, 0.4) is 0 Å². The summed E-state index contributed by atoms with van der Waals surface area (Å²) in [5.74, 6) is -0.626. The zero-order valence-electron chi connectivity index (χ0n) is 11.5. The Balaban J connectivity index is 2.49. The molecule has 7 heteroatoms. The van der Waals surface area contributed by atoms with Gasteiger partial charge in [0.15, 0.2) is 5.65 Å². The van der Waals surface area contributed by atoms with Crippen molar-refractivity contribution in [1.29, 1.82) is 0 Å². The lowest BCUT2D eigenvalue weighted by molar-refractivity contribution is -0.137. The van der Waals surface area contributed by atoms with E-state index in [1.54, 1.807) is 32.9 Å². The Hall–Kier alpha value is -2.44. The number of aromatic nitrogens is 3. The van der Waals surface area contributed by atoms with Crippen molar-refractivity contribution in [3.05, 3.63) is 33.7 Å². The third-order valence-electron chi connectivity index (χ3n) is 3.18. The molecule has 0 aliphatic heterocycles. The highest BCUT2D eigenvalue weighted by molar-refractivity contribution is 5.76. The first-order valence-electron chi connectivity index (χ1n) is 6.30. The molecule has 0 bridgehead atoms. The van der Waals surface area contributed by atoms with Crippen LogP contribution in [0.25, 0.3) is 5.65 Å². The summed E-state index contributed by atoms with van der Waals surface area (Å²) in [6.45, 7) is 5.21. The van der Waals surface area contributed by atoms with Crippen LogP contribution < -0.4 is 10.9 Å². The van der Waals surface area contributed by atoms with Crippen LogP contribution in [0.5, 0.6) is 0 Å². The zero-order chi connectivity index (χ0) is 14.9. The fourth-order valence-electron chi connectivity index (χ4n) is 1.81. The maximum atomic E-state index is 12.1. The van der Waals surface area contributed by atoms with E-state index in [4.69, 9.17) is 5.11 Å². The van der Waals surface area contributed by atoms with Gasteiger partial charge in [0.25, 0.3) is 5.56 Å². The molecule has 0 fully saturated rings. The van der Waals surface area contributed by atoms with Gasteiger partial charge in [-0.3, -0.25) is 4.79 Å². The van der Waals surface area contributed by atoms with E-state index in [2.05, 4.69) is 15.4 Å². The number of carbonyl (C=O) groups is 1. The maximum absolute atomic E-state index is 12.1. The number of rotatable bonds is 4. The van der Waals surface area contributed by atoms with E-state index in [9.17, 15) is 9.59 Å². The quantitative estimate of drug-likeness (QED) is 0.864. The van der Waals surface area contributed by atoms with Crippen LogP contribution in [0.1, 0.15) is 24.6 Å². The van der Waals surface area contributed by atoms with Gasteiger partial charge in [-0.05, 0) is 32.4 Å². The Morgan fingerprint density at radius 3 is 2.75 bits per heavy atom. The van der Waals surface area contributed by atoms with E-state index in [0.29, 0.717) is 29.1 Å². The molecule has 7 nitrogen and oxygen atoms in total. The van der Waals surface area contributed by atoms with Crippen LogP contribution in [0.15, 0.2) is 16.9 Å². The molecule has 20 heavy (non-hydrogen) atoms. The van der Waals surface area contributed by atoms with Gasteiger partial charge in [-0.2, -0.15) is 4.52 Å². The molecule has 2 N–H and O–H groups in total. The van der Waals surface area contributed by atoms with Gasteiger partial charge in [-0.25, -0.2) is 9.78 Å². The molecule has 0 saturated carbocycles. The summed E-state index contributed by atoms with van der Waals surface area (Å²) in [6, 6.07) is 2.51. The smallest absolute Gasteiger partial charge is 0.326 e. The second-order valence-corrected chi connectivity index (χ2v) is 4.56. The number of hydrogen-bond donors (Lipinski definition) is 2. The molecule has 0 saturated heterocycles. The van der Waals surface area contributed by atoms with Crippen LogP contribution in [0, 0.1) is 13.8 Å². The first kappa shape index (κ1) is 14.0. The fraction of sp³-hybridized carbons (Fsp3) is 0.385. The molecule has 1 atom stereocenters. The second kappa shape index (κ2) is 5.28. The van der Waals surface area contributed by atoms with Crippen molar-refractivity contribution in [3.63, 3.8) is 0 Å². The van der Waals surface area contributed by atoms with Crippen LogP contribution in [0.2, 0.25) is 0 Å². The number of anilines is 1. The number of carboxylic acid groups (broad SMARTS) is 1. The first-order chi connectivity index (χ1) is 9.43. The van der Waals surface area contributed by atoms with Gasteiger partial charge in [-0.1, -0.05) is 6.92 Å². The predicted molar refractivity (Wildman–Crippen MR) is 74.1 cm³/mol. The van der Waals surface area contributed by atoms with Gasteiger partial charge in [0, 0.05) is 11.3 Å². The summed E-state index contributed by atoms with van der Waals surface area (Å²) in [5, 5.41) is 15.9. The minimum absolute atomic E-state index is 0.250. The first-order valence-corrected chi connectivity index (χ1v) is 6.30. The van der Waals surface area contributed by atoms with Crippen LogP contribution in [0.4, 0.5) is 5.82 Å². The number of aryl methyl sites for hydroxylation is 1. The van der Waals surface area contributed by atoms with Gasteiger partial charge in [0.05, 0.1) is 0 Å². The molecular weight excluding hydrogens is 260 g/mol. The predicted octanol–water partition coefficient (Wildman–Crippen LogP) is 0.981. The highest BCUT2D eigenvalue weighted by Crippen LogP contribution is 2.08. The summed E-state index contributed by atoms with van der Waals surface area (Å²) < 4.78 is 1.18. The van der Waals surface area contributed by atoms with Crippen molar-refractivity contribution in [1.82, 2.24) is 14.6 Å². The van der Waals surface area contributed by atoms with E-state index < -0.39 is 12.0 Å². The molecule has 2 rings (SSSR count). The van der Waals surface area contributed by atoms with Crippen molar-refractivity contribution in [2.45, 2.75) is 33.2 Å². The Morgan fingerprint density at radius 1 is 1.45 bits per heavy atom. The number of aliphatic carboxylic acids is 1. The Bertz CT molecular complexity index is 723. The van der Waals surface area contributed by atoms with Crippen LogP contribution in [-0.4, -0.2) is 31.7 Å². The maximum Gasteiger partial charge on any atom is 0.326 e. The molecule has 0 aliphatic rings. The molecule has 0 spiro atoms. The summed E-state index contributed by atoms with van der Waals surface area (Å²) in [4.78, 5) is 27.4. The van der Waals surface area contributed by atoms with Crippen molar-refractivity contribution < 1.29 is 9.90 Å². The summed E-state index contributed by atoms with van der Waals surface area (Å²) in [7, 11) is 0. The number of nitrogens with zero attached hydrogens (tertiary/aromatic N) is 3. The van der Waals surface area contributed by atoms with Gasteiger partial charge >= 0.3 is 5.97 Å². The van der Waals surface area contributed by atoms with E-state index in [0.717, 1.165) is 0 Å². The largest absolute Gasteiger partial charge is 0.480 e. The van der Waals surface area contributed by atoms with E-state index in [1.807, 2.05) is 0 Å². The summed E-state index contributed by atoms with van der Waals surface area (Å²) in [6.07, 6.45) is 0.412. The fourth-order valence-corrected chi connectivity index (χ4v) is 1.81. The molecule has 0 radical (unpaired) electrons. The topological polar surface area (TPSA) is 96.6 Å². The summed E-state index contributed by atoms with van der Waals surface area (Å²) >= 11 is 0. The molecular formula is C13H16N4O3. The molecule has 106 valence electrons. The zero-order valence-corrected chi connectivity index (χ0v) is 11.5. The monoisotopic (exact) mass is 276 g/mol. The van der Waals surface area contributed by atoms with Gasteiger partial charge in [0.2, 0.25) is 0 Å². The number of hydrogen-bond acceptors (Lipinski definition) is 5. The lowest BCUT2D eigenvalue weighted by Crippen LogP contribution is -2.30. The lowest BCUT2D eigenvalue weighted by Gasteiger charge is -2.13.